The number of likely N-dealkylation sites (tertiary alicyclic amines) is 1. The van der Waals surface area contributed by atoms with Crippen molar-refractivity contribution in [2.24, 2.45) is 23.2 Å². The summed E-state index contributed by atoms with van der Waals surface area (Å²) < 4.78 is 11.1. The Hall–Kier alpha value is -1.44. The Bertz CT molecular complexity index is 729. The minimum Gasteiger partial charge on any atom is -0.376 e. The number of nitrogens with one attached hydrogen (secondary N) is 1. The summed E-state index contributed by atoms with van der Waals surface area (Å²) in [4.78, 5) is 20.2. The molecule has 7 heteroatoms. The highest BCUT2D eigenvalue weighted by Gasteiger charge is 2.58. The molecule has 26 heavy (non-hydrogen) atoms. The molecule has 0 radical (unpaired) electrons. The minimum atomic E-state index is -0.0156. The number of nitrogens with zero attached hydrogens (tertiary/aromatic N) is 2. The maximum atomic E-state index is 12.7. The van der Waals surface area contributed by atoms with E-state index in [1.54, 1.807) is 0 Å². The topological polar surface area (TPSA) is 63.7 Å². The van der Waals surface area contributed by atoms with Gasteiger partial charge in [0.2, 0.25) is 0 Å². The second kappa shape index (κ2) is 6.32. The molecule has 2 bridgehead atoms. The van der Waals surface area contributed by atoms with Crippen LogP contribution in [0.1, 0.15) is 18.2 Å². The Balaban J connectivity index is 1.19. The maximum absolute atomic E-state index is 12.7. The van der Waals surface area contributed by atoms with Crippen LogP contribution in [0.4, 0.5) is 9.93 Å². The third kappa shape index (κ3) is 2.77. The van der Waals surface area contributed by atoms with Gasteiger partial charge in [-0.3, -0.25) is 5.32 Å². The molecule has 1 saturated carbocycles. The summed E-state index contributed by atoms with van der Waals surface area (Å²) in [7, 11) is 0. The second-order valence-corrected chi connectivity index (χ2v) is 9.33. The second-order valence-electron chi connectivity index (χ2n) is 8.22. The molecule has 6 nitrogen and oxygen atoms in total. The predicted octanol–water partition coefficient (Wildman–Crippen LogP) is 2.78. The Morgan fingerprint density at radius 1 is 1.46 bits per heavy atom. The first-order valence-corrected chi connectivity index (χ1v) is 10.3. The van der Waals surface area contributed by atoms with Gasteiger partial charge >= 0.3 is 6.03 Å². The average Bonchev–Trinajstić information content (AvgIpc) is 3.37. The zero-order valence-electron chi connectivity index (χ0n) is 15.0. The van der Waals surface area contributed by atoms with Gasteiger partial charge < -0.3 is 14.4 Å². The molecule has 4 aliphatic rings. The quantitative estimate of drug-likeness (QED) is 0.825. The van der Waals surface area contributed by atoms with E-state index in [1.165, 1.54) is 17.8 Å². The molecule has 2 saturated heterocycles. The highest BCUT2D eigenvalue weighted by atomic mass is 32.1. The average molecular weight is 375 g/mol. The summed E-state index contributed by atoms with van der Waals surface area (Å²) in [6.45, 7) is 6.02. The third-order valence-corrected chi connectivity index (χ3v) is 7.58. The van der Waals surface area contributed by atoms with Gasteiger partial charge in [0.15, 0.2) is 5.13 Å². The minimum absolute atomic E-state index is 0.0156. The highest BCUT2D eigenvalue weighted by Crippen LogP contribution is 2.59. The maximum Gasteiger partial charge on any atom is 0.323 e. The summed E-state index contributed by atoms with van der Waals surface area (Å²) in [5.41, 5.74) is 0.253. The van der Waals surface area contributed by atoms with E-state index in [2.05, 4.69) is 29.4 Å². The lowest BCUT2D eigenvalue weighted by atomic mass is 9.72. The van der Waals surface area contributed by atoms with Crippen molar-refractivity contribution in [1.82, 2.24) is 9.88 Å². The SMILES string of the molecule is C[C@]12CN(C(=O)Nc3ncc(CC4COCCO4)s3)C[C@H]1[C@H]1C=C[C@@H]2C1. The van der Waals surface area contributed by atoms with Gasteiger partial charge in [0.25, 0.3) is 0 Å². The lowest BCUT2D eigenvalue weighted by molar-refractivity contribution is -0.0869. The molecule has 1 unspecified atom stereocenters. The molecule has 140 valence electrons. The van der Waals surface area contributed by atoms with E-state index in [0.717, 1.165) is 24.4 Å². The fourth-order valence-electron chi connectivity index (χ4n) is 5.23. The number of anilines is 1. The Morgan fingerprint density at radius 3 is 3.19 bits per heavy atom. The van der Waals surface area contributed by atoms with E-state index in [-0.39, 0.29) is 17.6 Å². The number of amides is 2. The van der Waals surface area contributed by atoms with Crippen molar-refractivity contribution < 1.29 is 14.3 Å². The lowest BCUT2D eigenvalue weighted by Gasteiger charge is -2.31. The Labute approximate surface area is 157 Å². The van der Waals surface area contributed by atoms with Gasteiger partial charge in [-0.1, -0.05) is 19.1 Å². The molecule has 2 amide bonds. The zero-order valence-corrected chi connectivity index (χ0v) is 15.8. The van der Waals surface area contributed by atoms with Crippen molar-refractivity contribution in [2.75, 3.05) is 38.2 Å². The van der Waals surface area contributed by atoms with Crippen molar-refractivity contribution in [3.8, 4) is 0 Å². The summed E-state index contributed by atoms with van der Waals surface area (Å²) >= 11 is 1.53. The third-order valence-electron chi connectivity index (χ3n) is 6.64. The molecule has 1 aromatic rings. The smallest absolute Gasteiger partial charge is 0.323 e. The zero-order chi connectivity index (χ0) is 17.7. The van der Waals surface area contributed by atoms with Gasteiger partial charge in [-0.05, 0) is 29.6 Å². The number of hydrogen-bond acceptors (Lipinski definition) is 5. The van der Waals surface area contributed by atoms with Crippen LogP contribution >= 0.6 is 11.3 Å². The van der Waals surface area contributed by atoms with E-state index >= 15 is 0 Å². The number of hydrogen-bond donors (Lipinski definition) is 1. The van der Waals surface area contributed by atoms with Crippen LogP contribution in [0, 0.1) is 23.2 Å². The molecular weight excluding hydrogens is 350 g/mol. The number of urea groups is 1. The number of thiazole rings is 1. The number of aromatic nitrogens is 1. The van der Waals surface area contributed by atoms with Crippen molar-refractivity contribution >= 4 is 22.5 Å². The molecule has 2 aliphatic heterocycles. The van der Waals surface area contributed by atoms with Crippen LogP contribution in [0.2, 0.25) is 0 Å². The number of ether oxygens (including phenoxy) is 2. The van der Waals surface area contributed by atoms with E-state index in [9.17, 15) is 4.79 Å². The van der Waals surface area contributed by atoms with Gasteiger partial charge in [-0.25, -0.2) is 9.78 Å². The normalized spacial score (nSPS) is 38.0. The largest absolute Gasteiger partial charge is 0.376 e. The number of carbonyl (C=O) groups is 1. The van der Waals surface area contributed by atoms with Crippen LogP contribution in [-0.2, 0) is 15.9 Å². The van der Waals surface area contributed by atoms with E-state index in [0.29, 0.717) is 42.7 Å². The van der Waals surface area contributed by atoms with Crippen LogP contribution in [0.5, 0.6) is 0 Å². The standard InChI is InChI=1S/C19H25N3O3S/c1-19-11-22(9-16(19)12-2-3-13(19)6-12)18(23)21-17-20-8-15(26-17)7-14-10-24-4-5-25-14/h2-3,8,12-14,16H,4-7,9-11H2,1H3,(H,20,21,23)/t12-,13+,14?,16-,19+/m0/s1. The molecule has 0 aromatic carbocycles. The van der Waals surface area contributed by atoms with Crippen molar-refractivity contribution in [3.05, 3.63) is 23.2 Å². The predicted molar refractivity (Wildman–Crippen MR) is 99.3 cm³/mol. The first-order valence-electron chi connectivity index (χ1n) is 9.50. The highest BCUT2D eigenvalue weighted by molar-refractivity contribution is 7.15. The van der Waals surface area contributed by atoms with Crippen LogP contribution in [0.15, 0.2) is 18.3 Å². The summed E-state index contributed by atoms with van der Waals surface area (Å²) in [6.07, 6.45) is 8.72. The fourth-order valence-corrected chi connectivity index (χ4v) is 6.10. The summed E-state index contributed by atoms with van der Waals surface area (Å²) in [6, 6.07) is -0.0156. The van der Waals surface area contributed by atoms with Gasteiger partial charge in [0.05, 0.1) is 25.9 Å². The molecular formula is C19H25N3O3S. The van der Waals surface area contributed by atoms with Crippen LogP contribution in [0.3, 0.4) is 0 Å². The fraction of sp³-hybridized carbons (Fsp3) is 0.684. The van der Waals surface area contributed by atoms with Gasteiger partial charge in [-0.2, -0.15) is 0 Å². The first-order chi connectivity index (χ1) is 12.6. The number of allylic oxidation sites excluding steroid dienone is 2. The van der Waals surface area contributed by atoms with E-state index in [4.69, 9.17) is 9.47 Å². The molecule has 5 atom stereocenters. The molecule has 2 aliphatic carbocycles. The van der Waals surface area contributed by atoms with Crippen molar-refractivity contribution in [1.29, 1.82) is 0 Å². The van der Waals surface area contributed by atoms with Crippen molar-refractivity contribution in [3.63, 3.8) is 0 Å². The van der Waals surface area contributed by atoms with Crippen LogP contribution in [-0.4, -0.2) is 54.9 Å². The monoisotopic (exact) mass is 375 g/mol. The molecule has 3 heterocycles. The molecule has 1 N–H and O–H groups in total. The number of fused-ring (bicyclic) bond motifs is 5. The van der Waals surface area contributed by atoms with Crippen LogP contribution in [0.25, 0.3) is 0 Å². The molecule has 5 rings (SSSR count). The van der Waals surface area contributed by atoms with E-state index < -0.39 is 0 Å². The van der Waals surface area contributed by atoms with E-state index in [1.807, 2.05) is 11.1 Å². The van der Waals surface area contributed by atoms with Crippen molar-refractivity contribution in [2.45, 2.75) is 25.9 Å². The molecule has 1 aromatic heterocycles. The summed E-state index contributed by atoms with van der Waals surface area (Å²) in [5.74, 6) is 1.91. The molecule has 0 spiro atoms. The number of rotatable bonds is 3. The lowest BCUT2D eigenvalue weighted by Crippen LogP contribution is -2.36. The summed E-state index contributed by atoms with van der Waals surface area (Å²) in [5, 5.41) is 3.67. The van der Waals surface area contributed by atoms with Crippen LogP contribution < -0.4 is 5.32 Å². The Kier molecular flexibility index (Phi) is 4.06. The Morgan fingerprint density at radius 2 is 2.38 bits per heavy atom. The first kappa shape index (κ1) is 16.7. The molecule has 3 fully saturated rings. The van der Waals surface area contributed by atoms with Gasteiger partial charge in [0, 0.05) is 30.6 Å². The van der Waals surface area contributed by atoms with Gasteiger partial charge in [-0.15, -0.1) is 11.3 Å². The number of carbonyl (C=O) groups excluding carboxylic acids is 1. The van der Waals surface area contributed by atoms with Gasteiger partial charge in [0.1, 0.15) is 0 Å².